The third kappa shape index (κ3) is 4.27. The van der Waals surface area contributed by atoms with Gasteiger partial charge in [-0.15, -0.1) is 0 Å². The number of hydrogen-bond donors (Lipinski definition) is 0. The van der Waals surface area contributed by atoms with Gasteiger partial charge in [0.05, 0.1) is 0 Å². The smallest absolute Gasteiger partial charge is 0.174 e. The largest absolute Gasteiger partial charge is 0.486 e. The summed E-state index contributed by atoms with van der Waals surface area (Å²) in [5, 5.41) is 1.23. The van der Waals surface area contributed by atoms with Gasteiger partial charge in [0.15, 0.2) is 5.78 Å². The first-order valence-electron chi connectivity index (χ1n) is 5.78. The Bertz CT molecular complexity index is 565. The van der Waals surface area contributed by atoms with Crippen molar-refractivity contribution in [1.82, 2.24) is 0 Å². The van der Waals surface area contributed by atoms with Crippen LogP contribution in [-0.2, 0) is 11.2 Å². The fourth-order valence-electron chi connectivity index (χ4n) is 1.60. The zero-order chi connectivity index (χ0) is 13.7. The highest BCUT2D eigenvalue weighted by atomic mass is 35.5. The van der Waals surface area contributed by atoms with E-state index in [1.165, 1.54) is 0 Å². The SMILES string of the molecule is O=C(COc1ccc(Cl)cc1)Cc1ccccc1Cl. The molecule has 0 fully saturated rings. The van der Waals surface area contributed by atoms with Crippen LogP contribution in [0, 0.1) is 0 Å². The number of halogens is 2. The Morgan fingerprint density at radius 1 is 1.00 bits per heavy atom. The zero-order valence-corrected chi connectivity index (χ0v) is 11.6. The standard InChI is InChI=1S/C15H12Cl2O2/c16-12-5-7-14(8-6-12)19-10-13(18)9-11-3-1-2-4-15(11)17/h1-8H,9-10H2. The van der Waals surface area contributed by atoms with Crippen LogP contribution in [0.5, 0.6) is 5.75 Å². The topological polar surface area (TPSA) is 26.3 Å². The fraction of sp³-hybridized carbons (Fsp3) is 0.133. The van der Waals surface area contributed by atoms with Crippen LogP contribution in [0.25, 0.3) is 0 Å². The molecule has 2 rings (SSSR count). The van der Waals surface area contributed by atoms with E-state index >= 15 is 0 Å². The van der Waals surface area contributed by atoms with Gasteiger partial charge in [0, 0.05) is 16.5 Å². The minimum Gasteiger partial charge on any atom is -0.486 e. The second-order valence-corrected chi connectivity index (χ2v) is 4.89. The number of ether oxygens (including phenoxy) is 1. The molecule has 2 aromatic carbocycles. The molecule has 2 aromatic rings. The lowest BCUT2D eigenvalue weighted by molar-refractivity contribution is -0.120. The summed E-state index contributed by atoms with van der Waals surface area (Å²) < 4.78 is 5.38. The van der Waals surface area contributed by atoms with Crippen molar-refractivity contribution in [1.29, 1.82) is 0 Å². The summed E-state index contributed by atoms with van der Waals surface area (Å²) in [5.41, 5.74) is 0.814. The number of rotatable bonds is 5. The molecule has 0 saturated heterocycles. The molecule has 0 saturated carbocycles. The van der Waals surface area contributed by atoms with Crippen molar-refractivity contribution < 1.29 is 9.53 Å². The number of Topliss-reactive ketones (excluding diaryl/α,β-unsaturated/α-hetero) is 1. The molecule has 0 aliphatic carbocycles. The van der Waals surface area contributed by atoms with Gasteiger partial charge in [-0.05, 0) is 35.9 Å². The van der Waals surface area contributed by atoms with Crippen LogP contribution in [0.3, 0.4) is 0 Å². The van der Waals surface area contributed by atoms with Crippen LogP contribution in [0.15, 0.2) is 48.5 Å². The Morgan fingerprint density at radius 3 is 2.37 bits per heavy atom. The molecule has 0 unspecified atom stereocenters. The maximum absolute atomic E-state index is 11.8. The van der Waals surface area contributed by atoms with Crippen LogP contribution in [0.2, 0.25) is 10.0 Å². The molecule has 0 N–H and O–H groups in total. The average Bonchev–Trinajstić information content (AvgIpc) is 2.41. The molecule has 2 nitrogen and oxygen atoms in total. The predicted molar refractivity (Wildman–Crippen MR) is 77.1 cm³/mol. The molecule has 0 aliphatic rings. The first-order chi connectivity index (χ1) is 9.15. The molecule has 0 atom stereocenters. The first-order valence-corrected chi connectivity index (χ1v) is 6.54. The van der Waals surface area contributed by atoms with Gasteiger partial charge in [-0.25, -0.2) is 0 Å². The molecular formula is C15H12Cl2O2. The van der Waals surface area contributed by atoms with E-state index in [1.807, 2.05) is 18.2 Å². The van der Waals surface area contributed by atoms with Gasteiger partial charge in [-0.2, -0.15) is 0 Å². The predicted octanol–water partition coefficient (Wildman–Crippen LogP) is 4.18. The van der Waals surface area contributed by atoms with E-state index < -0.39 is 0 Å². The Morgan fingerprint density at radius 2 is 1.68 bits per heavy atom. The lowest BCUT2D eigenvalue weighted by Gasteiger charge is -2.06. The van der Waals surface area contributed by atoms with E-state index in [9.17, 15) is 4.79 Å². The quantitative estimate of drug-likeness (QED) is 0.827. The summed E-state index contributed by atoms with van der Waals surface area (Å²) in [7, 11) is 0. The highest BCUT2D eigenvalue weighted by Crippen LogP contribution is 2.17. The first kappa shape index (κ1) is 13.9. The lowest BCUT2D eigenvalue weighted by Crippen LogP contribution is -2.14. The van der Waals surface area contributed by atoms with E-state index in [0.29, 0.717) is 15.8 Å². The van der Waals surface area contributed by atoms with E-state index in [4.69, 9.17) is 27.9 Å². The van der Waals surface area contributed by atoms with E-state index in [2.05, 4.69) is 0 Å². The molecule has 0 aromatic heterocycles. The van der Waals surface area contributed by atoms with Gasteiger partial charge in [0.2, 0.25) is 0 Å². The maximum atomic E-state index is 11.8. The summed E-state index contributed by atoms with van der Waals surface area (Å²) in [5.74, 6) is 0.597. The van der Waals surface area contributed by atoms with Gasteiger partial charge >= 0.3 is 0 Å². The number of benzene rings is 2. The number of ketones is 1. The van der Waals surface area contributed by atoms with Crippen molar-refractivity contribution >= 4 is 29.0 Å². The monoisotopic (exact) mass is 294 g/mol. The van der Waals surface area contributed by atoms with Crippen molar-refractivity contribution in [2.45, 2.75) is 6.42 Å². The van der Waals surface area contributed by atoms with Crippen LogP contribution in [-0.4, -0.2) is 12.4 Å². The van der Waals surface area contributed by atoms with Crippen LogP contribution >= 0.6 is 23.2 Å². The van der Waals surface area contributed by atoms with Crippen LogP contribution in [0.1, 0.15) is 5.56 Å². The molecule has 0 amide bonds. The summed E-state index contributed by atoms with van der Waals surface area (Å²) in [6, 6.07) is 14.2. The summed E-state index contributed by atoms with van der Waals surface area (Å²) >= 11 is 11.8. The summed E-state index contributed by atoms with van der Waals surface area (Å²) in [4.78, 5) is 11.8. The van der Waals surface area contributed by atoms with Gasteiger partial charge in [-0.3, -0.25) is 4.79 Å². The second kappa shape index (κ2) is 6.60. The van der Waals surface area contributed by atoms with Crippen molar-refractivity contribution in [2.24, 2.45) is 0 Å². The highest BCUT2D eigenvalue weighted by Gasteiger charge is 2.07. The molecule has 0 bridgehead atoms. The molecule has 19 heavy (non-hydrogen) atoms. The third-order valence-corrected chi connectivity index (χ3v) is 3.18. The normalized spacial score (nSPS) is 10.2. The highest BCUT2D eigenvalue weighted by molar-refractivity contribution is 6.31. The van der Waals surface area contributed by atoms with Gasteiger partial charge in [0.25, 0.3) is 0 Å². The zero-order valence-electron chi connectivity index (χ0n) is 10.1. The minimum atomic E-state index is -0.0250. The molecular weight excluding hydrogens is 283 g/mol. The van der Waals surface area contributed by atoms with Gasteiger partial charge in [0.1, 0.15) is 12.4 Å². The number of carbonyl (C=O) groups is 1. The summed E-state index contributed by atoms with van der Waals surface area (Å²) in [6.07, 6.45) is 0.271. The number of hydrogen-bond acceptors (Lipinski definition) is 2. The maximum Gasteiger partial charge on any atom is 0.174 e. The van der Waals surface area contributed by atoms with E-state index in [-0.39, 0.29) is 18.8 Å². The van der Waals surface area contributed by atoms with Crippen LogP contribution < -0.4 is 4.74 Å². The van der Waals surface area contributed by atoms with Crippen molar-refractivity contribution in [3.05, 3.63) is 64.1 Å². The van der Waals surface area contributed by atoms with Crippen molar-refractivity contribution in [3.8, 4) is 5.75 Å². The Labute approximate surface area is 121 Å². The molecule has 0 spiro atoms. The lowest BCUT2D eigenvalue weighted by atomic mass is 10.1. The average molecular weight is 295 g/mol. The molecule has 98 valence electrons. The van der Waals surface area contributed by atoms with Crippen molar-refractivity contribution in [3.63, 3.8) is 0 Å². The van der Waals surface area contributed by atoms with Gasteiger partial charge < -0.3 is 4.74 Å². The number of carbonyl (C=O) groups excluding carboxylic acids is 1. The Kier molecular flexibility index (Phi) is 4.83. The summed E-state index contributed by atoms with van der Waals surface area (Å²) in [6.45, 7) is 0.0207. The van der Waals surface area contributed by atoms with Crippen molar-refractivity contribution in [2.75, 3.05) is 6.61 Å². The molecule has 4 heteroatoms. The Hall–Kier alpha value is -1.51. The molecule has 0 radical (unpaired) electrons. The van der Waals surface area contributed by atoms with E-state index in [0.717, 1.165) is 5.56 Å². The second-order valence-electron chi connectivity index (χ2n) is 4.05. The molecule has 0 heterocycles. The third-order valence-electron chi connectivity index (χ3n) is 2.56. The minimum absolute atomic E-state index is 0.0207. The van der Waals surface area contributed by atoms with E-state index in [1.54, 1.807) is 30.3 Å². The van der Waals surface area contributed by atoms with Crippen LogP contribution in [0.4, 0.5) is 0 Å². The Balaban J connectivity index is 1.88. The molecule has 0 aliphatic heterocycles. The van der Waals surface area contributed by atoms with Gasteiger partial charge in [-0.1, -0.05) is 41.4 Å². The fourth-order valence-corrected chi connectivity index (χ4v) is 1.93.